The van der Waals surface area contributed by atoms with Crippen LogP contribution >= 0.6 is 11.8 Å². The zero-order valence-corrected chi connectivity index (χ0v) is 11.2. The summed E-state index contributed by atoms with van der Waals surface area (Å²) in [5, 5.41) is 0.833. The summed E-state index contributed by atoms with van der Waals surface area (Å²) >= 11 is 2.13. The molecule has 2 N–H and O–H groups in total. The van der Waals surface area contributed by atoms with Crippen LogP contribution in [0.1, 0.15) is 33.6 Å². The van der Waals surface area contributed by atoms with Crippen LogP contribution in [0.15, 0.2) is 0 Å². The minimum absolute atomic E-state index is 0.611. The van der Waals surface area contributed by atoms with Crippen molar-refractivity contribution >= 4 is 11.8 Å². The van der Waals surface area contributed by atoms with Crippen LogP contribution in [-0.4, -0.2) is 41.6 Å². The highest BCUT2D eigenvalue weighted by Gasteiger charge is 2.24. The quantitative estimate of drug-likeness (QED) is 0.785. The number of hydrogen-bond acceptors (Lipinski definition) is 3. The Morgan fingerprint density at radius 1 is 1.47 bits per heavy atom. The van der Waals surface area contributed by atoms with Crippen LogP contribution in [0.5, 0.6) is 0 Å². The summed E-state index contributed by atoms with van der Waals surface area (Å²) in [6.45, 7) is 10.2. The zero-order chi connectivity index (χ0) is 11.3. The first-order chi connectivity index (χ1) is 7.17. The fourth-order valence-electron chi connectivity index (χ4n) is 2.26. The molecule has 1 aliphatic heterocycles. The van der Waals surface area contributed by atoms with Crippen LogP contribution in [0.4, 0.5) is 0 Å². The Morgan fingerprint density at radius 3 is 2.73 bits per heavy atom. The maximum Gasteiger partial charge on any atom is 0.0221 e. The Hall–Kier alpha value is 0.270. The molecule has 0 aliphatic carbocycles. The van der Waals surface area contributed by atoms with Crippen LogP contribution in [0.2, 0.25) is 0 Å². The van der Waals surface area contributed by atoms with Gasteiger partial charge in [0.25, 0.3) is 0 Å². The van der Waals surface area contributed by atoms with E-state index < -0.39 is 0 Å². The zero-order valence-electron chi connectivity index (χ0n) is 10.4. The van der Waals surface area contributed by atoms with E-state index in [1.807, 2.05) is 0 Å². The van der Waals surface area contributed by atoms with E-state index in [0.717, 1.165) is 17.7 Å². The van der Waals surface area contributed by atoms with Crippen molar-refractivity contribution in [1.29, 1.82) is 0 Å². The van der Waals surface area contributed by atoms with E-state index in [1.54, 1.807) is 0 Å². The van der Waals surface area contributed by atoms with Gasteiger partial charge in [0.15, 0.2) is 0 Å². The second kappa shape index (κ2) is 6.77. The molecule has 0 aromatic rings. The van der Waals surface area contributed by atoms with Crippen LogP contribution in [0.25, 0.3) is 0 Å². The van der Waals surface area contributed by atoms with Gasteiger partial charge in [0, 0.05) is 36.7 Å². The van der Waals surface area contributed by atoms with E-state index in [9.17, 15) is 0 Å². The van der Waals surface area contributed by atoms with Gasteiger partial charge >= 0.3 is 0 Å². The summed E-state index contributed by atoms with van der Waals surface area (Å²) < 4.78 is 0. The first-order valence-electron chi connectivity index (χ1n) is 6.23. The molecule has 1 heterocycles. The molecular formula is C12H26N2S. The van der Waals surface area contributed by atoms with Crippen LogP contribution < -0.4 is 5.73 Å². The number of rotatable bonds is 5. The van der Waals surface area contributed by atoms with Crippen molar-refractivity contribution in [1.82, 2.24) is 4.90 Å². The van der Waals surface area contributed by atoms with Crippen molar-refractivity contribution in [3.05, 3.63) is 0 Å². The Morgan fingerprint density at radius 2 is 2.20 bits per heavy atom. The van der Waals surface area contributed by atoms with Gasteiger partial charge in [0.05, 0.1) is 0 Å². The lowest BCUT2D eigenvalue weighted by atomic mass is 10.0. The molecule has 0 aromatic heterocycles. The minimum Gasteiger partial charge on any atom is -0.329 e. The van der Waals surface area contributed by atoms with Crippen molar-refractivity contribution < 1.29 is 0 Å². The Bertz CT molecular complexity index is 173. The standard InChI is InChI=1S/C12H26N2S/c1-4-12-9-14(5-6-15-12)11(8-13)7-10(2)3/h10-12H,4-9,13H2,1-3H3. The molecule has 3 heteroatoms. The predicted molar refractivity (Wildman–Crippen MR) is 70.4 cm³/mol. The number of hydrogen-bond donors (Lipinski definition) is 1. The molecule has 0 saturated carbocycles. The SMILES string of the molecule is CCC1CN(C(CN)CC(C)C)CCS1. The maximum atomic E-state index is 5.89. The number of nitrogens with zero attached hydrogens (tertiary/aromatic N) is 1. The second-order valence-corrected chi connectivity index (χ2v) is 6.32. The molecule has 0 radical (unpaired) electrons. The third-order valence-corrected chi connectivity index (χ3v) is 4.53. The molecule has 0 amide bonds. The molecule has 90 valence electrons. The topological polar surface area (TPSA) is 29.3 Å². The molecule has 2 unspecified atom stereocenters. The molecule has 0 bridgehead atoms. The minimum atomic E-state index is 0.611. The van der Waals surface area contributed by atoms with Gasteiger partial charge in [-0.05, 0) is 18.8 Å². The fraction of sp³-hybridized carbons (Fsp3) is 1.00. The van der Waals surface area contributed by atoms with Crippen LogP contribution in [0, 0.1) is 5.92 Å². The van der Waals surface area contributed by atoms with Crippen molar-refractivity contribution in [2.75, 3.05) is 25.4 Å². The molecule has 0 spiro atoms. The lowest BCUT2D eigenvalue weighted by Gasteiger charge is -2.38. The van der Waals surface area contributed by atoms with E-state index in [2.05, 4.69) is 37.4 Å². The van der Waals surface area contributed by atoms with Gasteiger partial charge in [0.1, 0.15) is 0 Å². The highest BCUT2D eigenvalue weighted by Crippen LogP contribution is 2.24. The summed E-state index contributed by atoms with van der Waals surface area (Å²) in [7, 11) is 0. The van der Waals surface area contributed by atoms with Crippen molar-refractivity contribution in [3.8, 4) is 0 Å². The summed E-state index contributed by atoms with van der Waals surface area (Å²) in [4.78, 5) is 2.62. The molecular weight excluding hydrogens is 204 g/mol. The first kappa shape index (κ1) is 13.3. The molecule has 1 aliphatic rings. The van der Waals surface area contributed by atoms with Gasteiger partial charge in [-0.3, -0.25) is 4.90 Å². The second-order valence-electron chi connectivity index (χ2n) is 4.92. The van der Waals surface area contributed by atoms with Crippen molar-refractivity contribution in [2.24, 2.45) is 11.7 Å². The summed E-state index contributed by atoms with van der Waals surface area (Å²) in [6.07, 6.45) is 2.54. The highest BCUT2D eigenvalue weighted by atomic mass is 32.2. The fourth-order valence-corrected chi connectivity index (χ4v) is 3.47. The Balaban J connectivity index is 2.44. The van der Waals surface area contributed by atoms with Crippen molar-refractivity contribution in [3.63, 3.8) is 0 Å². The average molecular weight is 230 g/mol. The molecule has 1 saturated heterocycles. The molecule has 15 heavy (non-hydrogen) atoms. The van der Waals surface area contributed by atoms with E-state index in [-0.39, 0.29) is 0 Å². The molecule has 1 rings (SSSR count). The maximum absolute atomic E-state index is 5.89. The molecule has 2 atom stereocenters. The van der Waals surface area contributed by atoms with Gasteiger partial charge in [0.2, 0.25) is 0 Å². The number of thioether (sulfide) groups is 1. The smallest absolute Gasteiger partial charge is 0.0221 e. The Labute approximate surface area is 99.0 Å². The van der Waals surface area contributed by atoms with Crippen LogP contribution in [-0.2, 0) is 0 Å². The average Bonchev–Trinajstić information content (AvgIpc) is 2.25. The third kappa shape index (κ3) is 4.33. The van der Waals surface area contributed by atoms with Gasteiger partial charge < -0.3 is 5.73 Å². The van der Waals surface area contributed by atoms with E-state index in [0.29, 0.717) is 6.04 Å². The molecule has 1 fully saturated rings. The van der Waals surface area contributed by atoms with Crippen molar-refractivity contribution in [2.45, 2.75) is 44.9 Å². The van der Waals surface area contributed by atoms with E-state index in [1.165, 1.54) is 31.7 Å². The lowest BCUT2D eigenvalue weighted by Crippen LogP contribution is -2.48. The van der Waals surface area contributed by atoms with E-state index >= 15 is 0 Å². The Kier molecular flexibility index (Phi) is 6.02. The van der Waals surface area contributed by atoms with E-state index in [4.69, 9.17) is 5.73 Å². The van der Waals surface area contributed by atoms with Gasteiger partial charge in [-0.25, -0.2) is 0 Å². The largest absolute Gasteiger partial charge is 0.329 e. The summed E-state index contributed by atoms with van der Waals surface area (Å²) in [6, 6.07) is 0.611. The highest BCUT2D eigenvalue weighted by molar-refractivity contribution is 8.00. The predicted octanol–water partition coefficient (Wildman–Crippen LogP) is 2.19. The normalized spacial score (nSPS) is 25.8. The number of nitrogens with two attached hydrogens (primary N) is 1. The summed E-state index contributed by atoms with van der Waals surface area (Å²) in [5.74, 6) is 2.04. The third-order valence-electron chi connectivity index (χ3n) is 3.16. The van der Waals surface area contributed by atoms with Gasteiger partial charge in [-0.15, -0.1) is 0 Å². The molecule has 0 aromatic carbocycles. The first-order valence-corrected chi connectivity index (χ1v) is 7.28. The van der Waals surface area contributed by atoms with Gasteiger partial charge in [-0.2, -0.15) is 11.8 Å². The van der Waals surface area contributed by atoms with Gasteiger partial charge in [-0.1, -0.05) is 20.8 Å². The monoisotopic (exact) mass is 230 g/mol. The molecule has 2 nitrogen and oxygen atoms in total. The van der Waals surface area contributed by atoms with Crippen LogP contribution in [0.3, 0.4) is 0 Å². The summed E-state index contributed by atoms with van der Waals surface area (Å²) in [5.41, 5.74) is 5.89. The lowest BCUT2D eigenvalue weighted by molar-refractivity contribution is 0.182.